The van der Waals surface area contributed by atoms with Gasteiger partial charge in [0.05, 0.1) is 17.0 Å². The maximum Gasteiger partial charge on any atom is 0.336 e. The second-order valence-corrected chi connectivity index (χ2v) is 13.6. The largest absolute Gasteiger partial charge is 0.507 e. The van der Waals surface area contributed by atoms with E-state index in [2.05, 4.69) is 0 Å². The molecule has 2 saturated carbocycles. The highest BCUT2D eigenvalue weighted by molar-refractivity contribution is 6.32. The second kappa shape index (κ2) is 8.40. The minimum atomic E-state index is -2.80. The molecule has 0 aliphatic heterocycles. The Morgan fingerprint density at radius 1 is 1.05 bits per heavy atom. The number of carbonyl (C=O) groups excluding carboxylic acids is 5. The Morgan fingerprint density at radius 2 is 1.62 bits per heavy atom. The average molecular weight is 541 g/mol. The number of carboxylic acid groups (broad SMARTS) is 1. The molecule has 4 rings (SSSR count). The molecule has 2 fully saturated rings. The molecule has 0 radical (unpaired) electrons. The molecule has 9 heteroatoms. The first-order chi connectivity index (χ1) is 17.7. The first kappa shape index (κ1) is 28.8. The third kappa shape index (κ3) is 3.54. The highest BCUT2D eigenvalue weighted by Crippen LogP contribution is 2.64. The average Bonchev–Trinajstić information content (AvgIpc) is 2.74. The van der Waals surface area contributed by atoms with Gasteiger partial charge in [-0.3, -0.25) is 24.0 Å². The van der Waals surface area contributed by atoms with Crippen LogP contribution >= 0.6 is 0 Å². The first-order valence-corrected chi connectivity index (χ1v) is 13.2. The molecule has 0 bridgehead atoms. The first-order valence-electron chi connectivity index (χ1n) is 13.2. The molecule has 1 aromatic carbocycles. The van der Waals surface area contributed by atoms with E-state index in [1.807, 2.05) is 0 Å². The van der Waals surface area contributed by atoms with E-state index in [1.165, 1.54) is 13.0 Å². The number of phenols is 1. The highest BCUT2D eigenvalue weighted by atomic mass is 16.4. The molecule has 39 heavy (non-hydrogen) atoms. The van der Waals surface area contributed by atoms with Gasteiger partial charge in [0.2, 0.25) is 0 Å². The van der Waals surface area contributed by atoms with Crippen LogP contribution in [0, 0.1) is 34.5 Å². The highest BCUT2D eigenvalue weighted by Gasteiger charge is 2.76. The maximum atomic E-state index is 14.3. The molecular formula is C30H36O9. The van der Waals surface area contributed by atoms with Crippen LogP contribution in [-0.4, -0.2) is 55.8 Å². The Labute approximate surface area is 227 Å². The summed E-state index contributed by atoms with van der Waals surface area (Å²) in [7, 11) is 0. The van der Waals surface area contributed by atoms with E-state index in [-0.39, 0.29) is 35.1 Å². The van der Waals surface area contributed by atoms with E-state index in [0.717, 1.165) is 6.92 Å². The van der Waals surface area contributed by atoms with Crippen molar-refractivity contribution in [2.24, 2.45) is 34.5 Å². The molecule has 3 aliphatic rings. The molecule has 0 amide bonds. The zero-order chi connectivity index (χ0) is 29.8. The topological polar surface area (TPSA) is 163 Å². The van der Waals surface area contributed by atoms with Crippen molar-refractivity contribution < 1.29 is 44.1 Å². The molecular weight excluding hydrogens is 504 g/mol. The van der Waals surface area contributed by atoms with Crippen molar-refractivity contribution in [2.75, 3.05) is 0 Å². The van der Waals surface area contributed by atoms with Gasteiger partial charge in [-0.25, -0.2) is 4.79 Å². The lowest BCUT2D eigenvalue weighted by Crippen LogP contribution is -2.76. The number of aliphatic hydroxyl groups is 1. The quantitative estimate of drug-likeness (QED) is 0.489. The maximum absolute atomic E-state index is 14.3. The summed E-state index contributed by atoms with van der Waals surface area (Å²) in [5.41, 5.74) is -6.67. The lowest BCUT2D eigenvalue weighted by atomic mass is 9.39. The fourth-order valence-corrected chi connectivity index (χ4v) is 7.97. The summed E-state index contributed by atoms with van der Waals surface area (Å²) in [6.07, 6.45) is -0.247. The van der Waals surface area contributed by atoms with Crippen molar-refractivity contribution in [2.45, 2.75) is 79.2 Å². The lowest BCUT2D eigenvalue weighted by molar-refractivity contribution is -0.205. The standard InChI is InChI=1S/C30H36O9/c1-12(2)19-22(33)17(13(3)31)24(35)30(39)25(36)20-23(34)18-15(10-28(20,7)11-29(19,30)8)14(26(37)38)9-16(21(18)32)27(4,5)6/h9,12,17,19-20,32,39H,10-11H2,1-8H3,(H,37,38)/t17?,19?,20?,28-,29-,30+/m1/s1. The van der Waals surface area contributed by atoms with Gasteiger partial charge < -0.3 is 15.3 Å². The number of fused-ring (bicyclic) bond motifs is 3. The number of phenolic OH excluding ortho intramolecular Hbond substituents is 1. The van der Waals surface area contributed by atoms with Crippen LogP contribution in [0.5, 0.6) is 5.75 Å². The number of carbonyl (C=O) groups is 6. The Kier molecular flexibility index (Phi) is 6.20. The Balaban J connectivity index is 2.04. The Hall–Kier alpha value is -3.20. The third-order valence-corrected chi connectivity index (χ3v) is 9.42. The van der Waals surface area contributed by atoms with Crippen molar-refractivity contribution >= 4 is 34.9 Å². The van der Waals surface area contributed by atoms with Crippen LogP contribution in [0.15, 0.2) is 6.07 Å². The fourth-order valence-electron chi connectivity index (χ4n) is 7.97. The van der Waals surface area contributed by atoms with Gasteiger partial charge in [-0.05, 0) is 48.1 Å². The van der Waals surface area contributed by atoms with Crippen molar-refractivity contribution in [3.8, 4) is 5.75 Å². The van der Waals surface area contributed by atoms with Crippen molar-refractivity contribution in [3.05, 3.63) is 28.3 Å². The van der Waals surface area contributed by atoms with E-state index >= 15 is 0 Å². The summed E-state index contributed by atoms with van der Waals surface area (Å²) in [5, 5.41) is 33.3. The number of Topliss-reactive ketones (excluding diaryl/α,β-unsaturated/α-hetero) is 5. The van der Waals surface area contributed by atoms with Crippen LogP contribution in [0.1, 0.15) is 93.7 Å². The fraction of sp³-hybridized carbons (Fsp3) is 0.600. The normalized spacial score (nSPS) is 34.5. The van der Waals surface area contributed by atoms with E-state index in [9.17, 15) is 44.1 Å². The molecule has 6 atom stereocenters. The smallest absolute Gasteiger partial charge is 0.336 e. The van der Waals surface area contributed by atoms with Gasteiger partial charge in [0, 0.05) is 16.9 Å². The van der Waals surface area contributed by atoms with E-state index in [0.29, 0.717) is 0 Å². The molecule has 3 aliphatic carbocycles. The lowest BCUT2D eigenvalue weighted by Gasteiger charge is -2.61. The van der Waals surface area contributed by atoms with Gasteiger partial charge in [0.25, 0.3) is 0 Å². The molecule has 3 N–H and O–H groups in total. The molecule has 0 heterocycles. The zero-order valence-electron chi connectivity index (χ0n) is 23.6. The minimum Gasteiger partial charge on any atom is -0.507 e. The third-order valence-electron chi connectivity index (χ3n) is 9.42. The molecule has 0 spiro atoms. The number of hydrogen-bond acceptors (Lipinski definition) is 8. The monoisotopic (exact) mass is 540 g/mol. The summed E-state index contributed by atoms with van der Waals surface area (Å²) in [6.45, 7) is 12.8. The molecule has 1 aromatic rings. The number of rotatable bonds is 3. The predicted molar refractivity (Wildman–Crippen MR) is 139 cm³/mol. The SMILES string of the molecule is CC(=O)C1C(=O)C(C(C)C)[C@@]2(C)C[C@@]3(C)Cc4c(C(=O)O)cc(C(C)(C)C)c(O)c4C(=O)C3C(=O)[C@@]2(O)C1=O. The van der Waals surface area contributed by atoms with Crippen LogP contribution in [-0.2, 0) is 31.0 Å². The summed E-state index contributed by atoms with van der Waals surface area (Å²) >= 11 is 0. The van der Waals surface area contributed by atoms with Crippen LogP contribution < -0.4 is 0 Å². The van der Waals surface area contributed by atoms with E-state index in [4.69, 9.17) is 0 Å². The number of ketones is 5. The molecule has 0 aromatic heterocycles. The molecule has 3 unspecified atom stereocenters. The summed E-state index contributed by atoms with van der Waals surface area (Å²) in [6, 6.07) is 1.35. The van der Waals surface area contributed by atoms with E-state index < -0.39 is 86.2 Å². The number of carboxylic acids is 1. The number of aromatic carboxylic acids is 1. The predicted octanol–water partition coefficient (Wildman–Crippen LogP) is 3.09. The second-order valence-electron chi connectivity index (χ2n) is 13.6. The van der Waals surface area contributed by atoms with Gasteiger partial charge in [0.15, 0.2) is 28.7 Å². The number of hydrogen-bond donors (Lipinski definition) is 3. The van der Waals surface area contributed by atoms with Gasteiger partial charge in [-0.1, -0.05) is 48.5 Å². The van der Waals surface area contributed by atoms with Gasteiger partial charge in [-0.15, -0.1) is 0 Å². The van der Waals surface area contributed by atoms with Crippen molar-refractivity contribution in [1.29, 1.82) is 0 Å². The Bertz CT molecular complexity index is 1380. The van der Waals surface area contributed by atoms with Gasteiger partial charge in [0.1, 0.15) is 17.5 Å². The van der Waals surface area contributed by atoms with Gasteiger partial charge >= 0.3 is 5.97 Å². The van der Waals surface area contributed by atoms with Crippen LogP contribution in [0.25, 0.3) is 0 Å². The summed E-state index contributed by atoms with van der Waals surface area (Å²) in [5.74, 6) is -11.3. The van der Waals surface area contributed by atoms with Crippen LogP contribution in [0.2, 0.25) is 0 Å². The van der Waals surface area contributed by atoms with Crippen LogP contribution in [0.4, 0.5) is 0 Å². The molecule has 9 nitrogen and oxygen atoms in total. The number of aromatic hydroxyl groups is 1. The van der Waals surface area contributed by atoms with Crippen molar-refractivity contribution in [3.63, 3.8) is 0 Å². The number of benzene rings is 1. The summed E-state index contributed by atoms with van der Waals surface area (Å²) in [4.78, 5) is 80.5. The molecule has 0 saturated heterocycles. The molecule has 210 valence electrons. The zero-order valence-corrected chi connectivity index (χ0v) is 23.6. The van der Waals surface area contributed by atoms with Gasteiger partial charge in [-0.2, -0.15) is 0 Å². The Morgan fingerprint density at radius 3 is 2.08 bits per heavy atom. The van der Waals surface area contributed by atoms with E-state index in [1.54, 1.807) is 41.5 Å². The van der Waals surface area contributed by atoms with Crippen LogP contribution in [0.3, 0.4) is 0 Å². The van der Waals surface area contributed by atoms with Crippen molar-refractivity contribution in [1.82, 2.24) is 0 Å². The summed E-state index contributed by atoms with van der Waals surface area (Å²) < 4.78 is 0. The minimum absolute atomic E-state index is 0.0785.